The van der Waals surface area contributed by atoms with Crippen LogP contribution in [0.15, 0.2) is 53.6 Å². The summed E-state index contributed by atoms with van der Waals surface area (Å²) in [6, 6.07) is 13.6. The van der Waals surface area contributed by atoms with E-state index in [0.29, 0.717) is 12.2 Å². The number of rotatable bonds is 5. The molecule has 3 rings (SSSR count). The summed E-state index contributed by atoms with van der Waals surface area (Å²) in [6.45, 7) is 2.15. The third-order valence-corrected chi connectivity index (χ3v) is 4.13. The molecular weight excluding hydrogens is 368 g/mol. The monoisotopic (exact) mass is 384 g/mol. The number of benzene rings is 3. The minimum atomic E-state index is -0.551. The molecule has 0 unspecified atom stereocenters. The van der Waals surface area contributed by atoms with Crippen LogP contribution in [0.25, 0.3) is 10.8 Å². The fourth-order valence-corrected chi connectivity index (χ4v) is 2.79. The second kappa shape index (κ2) is 7.97. The van der Waals surface area contributed by atoms with Crippen LogP contribution >= 0.6 is 11.6 Å². The molecule has 3 aromatic rings. The Hall–Kier alpha value is -3.25. The summed E-state index contributed by atoms with van der Waals surface area (Å²) in [5.74, 6) is -0.608. The Morgan fingerprint density at radius 2 is 1.89 bits per heavy atom. The van der Waals surface area contributed by atoms with Crippen molar-refractivity contribution in [3.8, 4) is 17.2 Å². The molecule has 0 heterocycles. The van der Waals surface area contributed by atoms with Crippen LogP contribution < -0.4 is 10.2 Å². The van der Waals surface area contributed by atoms with Crippen LogP contribution in [0.2, 0.25) is 5.02 Å². The molecule has 0 fully saturated rings. The highest BCUT2D eigenvalue weighted by atomic mass is 35.5. The van der Waals surface area contributed by atoms with Gasteiger partial charge in [0.25, 0.3) is 5.91 Å². The molecule has 3 N–H and O–H groups in total. The minimum Gasteiger partial charge on any atom is -0.507 e. The van der Waals surface area contributed by atoms with E-state index in [1.807, 2.05) is 24.3 Å². The van der Waals surface area contributed by atoms with Crippen LogP contribution in [0.3, 0.4) is 0 Å². The normalized spacial score (nSPS) is 11.0. The predicted octanol–water partition coefficient (Wildman–Crippen LogP) is 4.07. The molecule has 0 atom stereocenters. The number of hydrogen-bond donors (Lipinski definition) is 3. The maximum atomic E-state index is 12.3. The molecule has 0 saturated heterocycles. The summed E-state index contributed by atoms with van der Waals surface area (Å²) in [5.41, 5.74) is 3.01. The van der Waals surface area contributed by atoms with E-state index in [1.165, 1.54) is 18.3 Å². The van der Waals surface area contributed by atoms with Crippen molar-refractivity contribution >= 4 is 34.5 Å². The van der Waals surface area contributed by atoms with Crippen molar-refractivity contribution in [1.82, 2.24) is 5.43 Å². The summed E-state index contributed by atoms with van der Waals surface area (Å²) in [4.78, 5) is 12.3. The van der Waals surface area contributed by atoms with E-state index in [2.05, 4.69) is 10.5 Å². The Morgan fingerprint density at radius 1 is 1.19 bits per heavy atom. The zero-order valence-corrected chi connectivity index (χ0v) is 15.2. The second-order valence-corrected chi connectivity index (χ2v) is 6.11. The molecule has 0 saturated carbocycles. The Kier molecular flexibility index (Phi) is 5.47. The van der Waals surface area contributed by atoms with E-state index >= 15 is 0 Å². The number of carbonyl (C=O) groups is 1. The van der Waals surface area contributed by atoms with Crippen LogP contribution in [-0.4, -0.2) is 28.9 Å². The molecule has 0 aliphatic heterocycles. The average molecular weight is 385 g/mol. The maximum Gasteiger partial charge on any atom is 0.275 e. The molecule has 0 spiro atoms. The van der Waals surface area contributed by atoms with Crippen molar-refractivity contribution in [2.24, 2.45) is 5.10 Å². The number of carbonyl (C=O) groups excluding carboxylic acids is 1. The first-order valence-electron chi connectivity index (χ1n) is 8.20. The van der Waals surface area contributed by atoms with Crippen molar-refractivity contribution in [3.63, 3.8) is 0 Å². The molecule has 0 aliphatic rings. The number of ether oxygens (including phenoxy) is 1. The number of phenols is 2. The first-order valence-corrected chi connectivity index (χ1v) is 8.58. The average Bonchev–Trinajstić information content (AvgIpc) is 2.65. The quantitative estimate of drug-likeness (QED) is 0.457. The molecule has 138 valence electrons. The van der Waals surface area contributed by atoms with Gasteiger partial charge < -0.3 is 14.9 Å². The molecule has 0 radical (unpaired) electrons. The number of fused-ring (bicyclic) bond motifs is 1. The highest BCUT2D eigenvalue weighted by Crippen LogP contribution is 2.34. The number of halogens is 1. The maximum absolute atomic E-state index is 12.3. The van der Waals surface area contributed by atoms with Gasteiger partial charge in [-0.1, -0.05) is 35.9 Å². The summed E-state index contributed by atoms with van der Waals surface area (Å²) < 4.78 is 5.29. The fraction of sp³-hybridized carbons (Fsp3) is 0.100. The Morgan fingerprint density at radius 3 is 2.59 bits per heavy atom. The van der Waals surface area contributed by atoms with Gasteiger partial charge in [-0.15, -0.1) is 0 Å². The van der Waals surface area contributed by atoms with E-state index in [0.717, 1.165) is 10.8 Å². The number of nitrogens with one attached hydrogen (secondary N) is 1. The third-order valence-electron chi connectivity index (χ3n) is 3.84. The number of nitrogens with zero attached hydrogens (tertiary/aromatic N) is 1. The van der Waals surface area contributed by atoms with Gasteiger partial charge in [0.15, 0.2) is 11.5 Å². The lowest BCUT2D eigenvalue weighted by molar-refractivity contribution is 0.0952. The van der Waals surface area contributed by atoms with Gasteiger partial charge in [-0.25, -0.2) is 5.43 Å². The highest BCUT2D eigenvalue weighted by molar-refractivity contribution is 6.32. The number of hydrazone groups is 1. The topological polar surface area (TPSA) is 91.2 Å². The van der Waals surface area contributed by atoms with Crippen LogP contribution in [-0.2, 0) is 0 Å². The van der Waals surface area contributed by atoms with Crippen molar-refractivity contribution in [1.29, 1.82) is 0 Å². The van der Waals surface area contributed by atoms with Crippen molar-refractivity contribution < 1.29 is 19.7 Å². The molecular formula is C20H17ClN2O4. The van der Waals surface area contributed by atoms with Gasteiger partial charge in [-0.05, 0) is 47.5 Å². The van der Waals surface area contributed by atoms with Gasteiger partial charge in [0, 0.05) is 0 Å². The molecule has 6 nitrogen and oxygen atoms in total. The van der Waals surface area contributed by atoms with Crippen LogP contribution in [0.1, 0.15) is 22.8 Å². The zero-order valence-electron chi connectivity index (χ0n) is 14.4. The lowest BCUT2D eigenvalue weighted by Crippen LogP contribution is -2.17. The smallest absolute Gasteiger partial charge is 0.275 e. The summed E-state index contributed by atoms with van der Waals surface area (Å²) in [6.07, 6.45) is 1.36. The van der Waals surface area contributed by atoms with Gasteiger partial charge in [-0.3, -0.25) is 4.79 Å². The van der Waals surface area contributed by atoms with Gasteiger partial charge in [-0.2, -0.15) is 5.10 Å². The van der Waals surface area contributed by atoms with Crippen LogP contribution in [0.5, 0.6) is 17.2 Å². The van der Waals surface area contributed by atoms with Crippen LogP contribution in [0, 0.1) is 0 Å². The van der Waals surface area contributed by atoms with Crippen molar-refractivity contribution in [3.05, 3.63) is 64.7 Å². The summed E-state index contributed by atoms with van der Waals surface area (Å²) in [5, 5.41) is 25.6. The summed E-state index contributed by atoms with van der Waals surface area (Å²) in [7, 11) is 0. The van der Waals surface area contributed by atoms with Crippen molar-refractivity contribution in [2.45, 2.75) is 6.92 Å². The number of aromatic hydroxyl groups is 2. The SMILES string of the molecule is CCOc1cc(/C=N/NC(=O)c2cc3ccccc3cc2O)cc(Cl)c1O. The number of amides is 1. The molecule has 1 amide bonds. The number of phenolic OH excluding ortho intramolecular Hbond substituents is 2. The second-order valence-electron chi connectivity index (χ2n) is 5.70. The molecule has 0 bridgehead atoms. The van der Waals surface area contributed by atoms with E-state index in [-0.39, 0.29) is 27.8 Å². The van der Waals surface area contributed by atoms with Gasteiger partial charge >= 0.3 is 0 Å². The van der Waals surface area contributed by atoms with E-state index in [1.54, 1.807) is 19.1 Å². The van der Waals surface area contributed by atoms with E-state index in [9.17, 15) is 15.0 Å². The van der Waals surface area contributed by atoms with Gasteiger partial charge in [0.2, 0.25) is 0 Å². The largest absolute Gasteiger partial charge is 0.507 e. The Balaban J connectivity index is 1.79. The molecule has 0 aliphatic carbocycles. The Labute approximate surface area is 160 Å². The minimum absolute atomic E-state index is 0.112. The standard InChI is InChI=1S/C20H17ClN2O4/c1-2-27-18-8-12(7-16(21)19(18)25)11-22-23-20(26)15-9-13-5-3-4-6-14(13)10-17(15)24/h3-11,24-25H,2H2,1H3,(H,23,26)/b22-11+. The van der Waals surface area contributed by atoms with Gasteiger partial charge in [0.1, 0.15) is 5.75 Å². The molecule has 27 heavy (non-hydrogen) atoms. The van der Waals surface area contributed by atoms with Crippen molar-refractivity contribution in [2.75, 3.05) is 6.61 Å². The van der Waals surface area contributed by atoms with E-state index in [4.69, 9.17) is 16.3 Å². The lowest BCUT2D eigenvalue weighted by atomic mass is 10.1. The zero-order chi connectivity index (χ0) is 19.4. The molecule has 0 aromatic heterocycles. The van der Waals surface area contributed by atoms with Crippen LogP contribution in [0.4, 0.5) is 0 Å². The fourth-order valence-electron chi connectivity index (χ4n) is 2.57. The third kappa shape index (κ3) is 4.12. The first-order chi connectivity index (χ1) is 13.0. The highest BCUT2D eigenvalue weighted by Gasteiger charge is 2.12. The first kappa shape index (κ1) is 18.5. The molecule has 3 aromatic carbocycles. The Bertz CT molecular complexity index is 1030. The molecule has 7 heteroatoms. The van der Waals surface area contributed by atoms with Gasteiger partial charge in [0.05, 0.1) is 23.4 Å². The summed E-state index contributed by atoms with van der Waals surface area (Å²) >= 11 is 5.96. The van der Waals surface area contributed by atoms with E-state index < -0.39 is 5.91 Å². The predicted molar refractivity (Wildman–Crippen MR) is 105 cm³/mol. The lowest BCUT2D eigenvalue weighted by Gasteiger charge is -2.08. The number of hydrogen-bond acceptors (Lipinski definition) is 5.